The number of nitrogens with one attached hydrogen (secondary N) is 1. The Balaban J connectivity index is 1.48. The lowest BCUT2D eigenvalue weighted by atomic mass is 10.0. The number of nitrogens with zero attached hydrogens (tertiary/aromatic N) is 7. The van der Waals surface area contributed by atoms with Crippen molar-refractivity contribution in [1.29, 1.82) is 0 Å². The van der Waals surface area contributed by atoms with E-state index in [2.05, 4.69) is 48.2 Å². The van der Waals surface area contributed by atoms with Crippen LogP contribution in [0.15, 0.2) is 46.1 Å². The molecule has 0 unspecified atom stereocenters. The second-order valence-electron chi connectivity index (χ2n) is 7.67. The number of aryl methyl sites for hydroxylation is 1. The largest absolute Gasteiger partial charge is 0.378 e. The summed E-state index contributed by atoms with van der Waals surface area (Å²) < 4.78 is 6.76. The predicted octanol–water partition coefficient (Wildman–Crippen LogP) is 3.05. The fraction of sp³-hybridized carbons (Fsp3) is 0.238. The lowest BCUT2D eigenvalue weighted by Crippen LogP contribution is -2.31. The SMILES string of the molecule is C/C(=N\NC(=O)c1nnn(-c2nonc2N)c1CN1CCCc2ccccc21)c1ccc(Cl)s1. The molecule has 5 rings (SSSR count). The van der Waals surface area contributed by atoms with Crippen molar-refractivity contribution in [2.24, 2.45) is 5.10 Å². The molecule has 0 aliphatic carbocycles. The predicted molar refractivity (Wildman–Crippen MR) is 128 cm³/mol. The van der Waals surface area contributed by atoms with Gasteiger partial charge in [-0.1, -0.05) is 35.0 Å². The summed E-state index contributed by atoms with van der Waals surface area (Å²) in [5.41, 5.74) is 12.0. The molecule has 0 fully saturated rings. The number of nitrogens with two attached hydrogens (primary N) is 1. The number of para-hydroxylation sites is 1. The zero-order valence-corrected chi connectivity index (χ0v) is 19.7. The van der Waals surface area contributed by atoms with E-state index in [9.17, 15) is 4.79 Å². The Morgan fingerprint density at radius 1 is 1.29 bits per heavy atom. The fourth-order valence-electron chi connectivity index (χ4n) is 3.84. The van der Waals surface area contributed by atoms with Crippen molar-refractivity contribution in [3.63, 3.8) is 0 Å². The Hall–Kier alpha value is -3.77. The van der Waals surface area contributed by atoms with Crippen LogP contribution < -0.4 is 16.1 Å². The van der Waals surface area contributed by atoms with Crippen molar-refractivity contribution in [3.05, 3.63) is 62.6 Å². The number of thiophene rings is 1. The first-order chi connectivity index (χ1) is 16.5. The third-order valence-electron chi connectivity index (χ3n) is 5.48. The number of benzene rings is 1. The molecule has 0 radical (unpaired) electrons. The molecular formula is C21H20ClN9O2S. The summed E-state index contributed by atoms with van der Waals surface area (Å²) in [6, 6.07) is 11.8. The molecule has 3 aromatic heterocycles. The maximum absolute atomic E-state index is 13.1. The number of amides is 1. The highest BCUT2D eigenvalue weighted by molar-refractivity contribution is 7.18. The van der Waals surface area contributed by atoms with Gasteiger partial charge in [-0.05, 0) is 53.8 Å². The monoisotopic (exact) mass is 497 g/mol. The van der Waals surface area contributed by atoms with E-state index in [1.165, 1.54) is 21.6 Å². The van der Waals surface area contributed by atoms with Crippen LogP contribution in [-0.2, 0) is 13.0 Å². The molecule has 4 heterocycles. The minimum Gasteiger partial charge on any atom is -0.378 e. The topological polar surface area (TPSA) is 140 Å². The highest BCUT2D eigenvalue weighted by atomic mass is 35.5. The van der Waals surface area contributed by atoms with E-state index in [1.807, 2.05) is 18.2 Å². The van der Waals surface area contributed by atoms with Crippen molar-refractivity contribution in [3.8, 4) is 5.82 Å². The Morgan fingerprint density at radius 3 is 2.91 bits per heavy atom. The van der Waals surface area contributed by atoms with Crippen molar-refractivity contribution < 1.29 is 9.42 Å². The molecule has 1 amide bonds. The Labute approximate surface area is 203 Å². The summed E-state index contributed by atoms with van der Waals surface area (Å²) >= 11 is 7.37. The molecule has 11 nitrogen and oxygen atoms in total. The van der Waals surface area contributed by atoms with Crippen LogP contribution in [-0.4, -0.2) is 43.5 Å². The van der Waals surface area contributed by atoms with E-state index in [0.717, 1.165) is 30.0 Å². The zero-order chi connectivity index (χ0) is 23.7. The molecule has 0 spiro atoms. The van der Waals surface area contributed by atoms with Crippen LogP contribution in [0.5, 0.6) is 0 Å². The number of nitrogen functional groups attached to an aromatic ring is 1. The van der Waals surface area contributed by atoms with Crippen LogP contribution in [0, 0.1) is 0 Å². The number of carbonyl (C=O) groups is 1. The maximum atomic E-state index is 13.1. The van der Waals surface area contributed by atoms with E-state index >= 15 is 0 Å². The van der Waals surface area contributed by atoms with Gasteiger partial charge >= 0.3 is 0 Å². The molecule has 4 aromatic rings. The van der Waals surface area contributed by atoms with Gasteiger partial charge in [0.15, 0.2) is 5.69 Å². The average Bonchev–Trinajstić information content (AvgIpc) is 3.57. The van der Waals surface area contributed by atoms with Gasteiger partial charge in [-0.2, -0.15) is 9.78 Å². The highest BCUT2D eigenvalue weighted by Crippen LogP contribution is 2.29. The lowest BCUT2D eigenvalue weighted by molar-refractivity contribution is 0.0948. The normalized spacial score (nSPS) is 13.7. The first-order valence-electron chi connectivity index (χ1n) is 10.5. The average molecular weight is 498 g/mol. The summed E-state index contributed by atoms with van der Waals surface area (Å²) in [6.07, 6.45) is 1.99. The fourth-order valence-corrected chi connectivity index (χ4v) is 4.82. The van der Waals surface area contributed by atoms with Gasteiger partial charge in [-0.3, -0.25) is 4.79 Å². The van der Waals surface area contributed by atoms with Gasteiger partial charge in [0.25, 0.3) is 5.91 Å². The maximum Gasteiger partial charge on any atom is 0.293 e. The number of carbonyl (C=O) groups excluding carboxylic acids is 1. The molecule has 1 aliphatic rings. The smallest absolute Gasteiger partial charge is 0.293 e. The Morgan fingerprint density at radius 2 is 2.15 bits per heavy atom. The molecule has 0 bridgehead atoms. The molecule has 174 valence electrons. The summed E-state index contributed by atoms with van der Waals surface area (Å²) in [5, 5.41) is 19.9. The number of fused-ring (bicyclic) bond motifs is 1. The van der Waals surface area contributed by atoms with Crippen molar-refractivity contribution in [2.45, 2.75) is 26.3 Å². The van der Waals surface area contributed by atoms with Crippen LogP contribution in [0.3, 0.4) is 0 Å². The standard InChI is InChI=1S/C21H20ClN9O2S/c1-12(16-8-9-17(22)34-16)24-26-21(32)18-15(31(29-25-18)20-19(23)27-33-28-20)11-30-10-4-6-13-5-2-3-7-14(13)30/h2-3,5,7-9H,4,6,10-11H2,1H3,(H2,23,27)(H,26,32)/b24-12+. The zero-order valence-electron chi connectivity index (χ0n) is 18.1. The minimum absolute atomic E-state index is 0.0422. The van der Waals surface area contributed by atoms with E-state index in [0.29, 0.717) is 22.3 Å². The van der Waals surface area contributed by atoms with Crippen LogP contribution in [0.1, 0.15) is 40.0 Å². The van der Waals surface area contributed by atoms with Gasteiger partial charge in [0, 0.05) is 12.2 Å². The second kappa shape index (κ2) is 9.23. The lowest BCUT2D eigenvalue weighted by Gasteiger charge is -2.31. The first-order valence-corrected chi connectivity index (χ1v) is 11.7. The van der Waals surface area contributed by atoms with Gasteiger partial charge in [-0.25, -0.2) is 10.1 Å². The first kappa shape index (κ1) is 22.0. The van der Waals surface area contributed by atoms with Crippen LogP contribution in [0.4, 0.5) is 11.5 Å². The van der Waals surface area contributed by atoms with E-state index in [4.69, 9.17) is 22.0 Å². The van der Waals surface area contributed by atoms with Gasteiger partial charge < -0.3 is 10.6 Å². The summed E-state index contributed by atoms with van der Waals surface area (Å²) in [5.74, 6) is -0.302. The summed E-state index contributed by atoms with van der Waals surface area (Å²) in [7, 11) is 0. The van der Waals surface area contributed by atoms with Crippen LogP contribution in [0.2, 0.25) is 4.34 Å². The van der Waals surface area contributed by atoms with Crippen LogP contribution in [0.25, 0.3) is 5.82 Å². The number of anilines is 2. The van der Waals surface area contributed by atoms with Crippen molar-refractivity contribution >= 4 is 46.1 Å². The Bertz CT molecular complexity index is 1380. The molecule has 0 atom stereocenters. The van der Waals surface area contributed by atoms with E-state index < -0.39 is 5.91 Å². The summed E-state index contributed by atoms with van der Waals surface area (Å²) in [6.45, 7) is 2.95. The van der Waals surface area contributed by atoms with Crippen molar-refractivity contribution in [1.82, 2.24) is 30.7 Å². The second-order valence-corrected chi connectivity index (χ2v) is 9.38. The molecule has 0 saturated carbocycles. The third kappa shape index (κ3) is 4.24. The van der Waals surface area contributed by atoms with Gasteiger partial charge in [0.05, 0.1) is 27.2 Å². The van der Waals surface area contributed by atoms with Crippen LogP contribution >= 0.6 is 22.9 Å². The number of hydrogen-bond donors (Lipinski definition) is 2. The molecule has 0 saturated heterocycles. The number of rotatable bonds is 6. The number of aromatic nitrogens is 5. The van der Waals surface area contributed by atoms with Gasteiger partial charge in [-0.15, -0.1) is 16.4 Å². The molecular weight excluding hydrogens is 478 g/mol. The van der Waals surface area contributed by atoms with Gasteiger partial charge in [0.1, 0.15) is 0 Å². The minimum atomic E-state index is -0.511. The molecule has 1 aromatic carbocycles. The van der Waals surface area contributed by atoms with E-state index in [-0.39, 0.29) is 17.3 Å². The molecule has 3 N–H and O–H groups in total. The molecule has 34 heavy (non-hydrogen) atoms. The molecule has 1 aliphatic heterocycles. The van der Waals surface area contributed by atoms with Crippen molar-refractivity contribution in [2.75, 3.05) is 17.2 Å². The molecule has 13 heteroatoms. The number of hydrogen-bond acceptors (Lipinski definition) is 10. The summed E-state index contributed by atoms with van der Waals surface area (Å²) in [4.78, 5) is 16.1. The number of hydrazone groups is 1. The number of halogens is 1. The Kier molecular flexibility index (Phi) is 5.99. The highest BCUT2D eigenvalue weighted by Gasteiger charge is 2.27. The quantitative estimate of drug-likeness (QED) is 0.306. The third-order valence-corrected chi connectivity index (χ3v) is 6.82. The van der Waals surface area contributed by atoms with Gasteiger partial charge in [0.2, 0.25) is 11.6 Å². The van der Waals surface area contributed by atoms with E-state index in [1.54, 1.807) is 13.0 Å².